The number of fused-ring (bicyclic) bond motifs is 7. The second-order valence-corrected chi connectivity index (χ2v) is 23.9. The quantitative estimate of drug-likeness (QED) is 0.0953. The van der Waals surface area contributed by atoms with E-state index in [1.165, 1.54) is 24.3 Å². The molecular weight excluding hydrogens is 1080 g/mol. The number of benzene rings is 2. The van der Waals surface area contributed by atoms with Crippen LogP contribution in [0, 0.1) is 38.3 Å². The first kappa shape index (κ1) is 54.6. The molecule has 7 atom stereocenters. The third-order valence-corrected chi connectivity index (χ3v) is 16.6. The Hall–Kier alpha value is -8.64. The molecular formula is C60H64F2N14O8. The Morgan fingerprint density at radius 3 is 1.86 bits per heavy atom. The van der Waals surface area contributed by atoms with E-state index in [0.717, 1.165) is 19.3 Å². The summed E-state index contributed by atoms with van der Waals surface area (Å²) in [4.78, 5) is 92.0. The monoisotopic (exact) mass is 1150 g/mol. The number of aromatic nitrogens is 6. The van der Waals surface area contributed by atoms with Crippen LogP contribution in [0.15, 0.2) is 60.7 Å². The lowest BCUT2D eigenvalue weighted by Gasteiger charge is -2.45. The zero-order valence-corrected chi connectivity index (χ0v) is 47.8. The summed E-state index contributed by atoms with van der Waals surface area (Å²) in [6, 6.07) is 14.0. The van der Waals surface area contributed by atoms with Gasteiger partial charge in [-0.3, -0.25) is 19.6 Å². The van der Waals surface area contributed by atoms with Crippen LogP contribution in [-0.2, 0) is 15.9 Å². The van der Waals surface area contributed by atoms with E-state index in [0.29, 0.717) is 71.7 Å². The number of hydrogen-bond acceptors (Lipinski definition) is 16. The van der Waals surface area contributed by atoms with Gasteiger partial charge >= 0.3 is 12.1 Å². The second kappa shape index (κ2) is 20.6. The van der Waals surface area contributed by atoms with Crippen LogP contribution < -0.4 is 40.5 Å². The van der Waals surface area contributed by atoms with Crippen LogP contribution in [0.4, 0.5) is 53.0 Å². The Balaban J connectivity index is 0.760. The molecule has 6 aromatic rings. The van der Waals surface area contributed by atoms with Gasteiger partial charge in [0.2, 0.25) is 23.7 Å². The lowest BCUT2D eigenvalue weighted by Crippen LogP contribution is -2.60. The number of hydrogen-bond donors (Lipinski definition) is 4. The number of carbonyl (C=O) groups is 4. The highest BCUT2D eigenvalue weighted by molar-refractivity contribution is 6.05. The van der Waals surface area contributed by atoms with Gasteiger partial charge in [-0.2, -0.15) is 9.97 Å². The Morgan fingerprint density at radius 2 is 1.25 bits per heavy atom. The third kappa shape index (κ3) is 10.3. The molecule has 6 amide bonds. The smallest absolute Gasteiger partial charge is 0.323 e. The molecule has 7 unspecified atom stereocenters. The summed E-state index contributed by atoms with van der Waals surface area (Å²) in [5.74, 6) is -1.22. The number of urea groups is 2. The molecule has 6 aliphatic heterocycles. The van der Waals surface area contributed by atoms with Gasteiger partial charge in [0.1, 0.15) is 34.0 Å². The van der Waals surface area contributed by atoms with Crippen LogP contribution in [0.25, 0.3) is 22.5 Å². The van der Waals surface area contributed by atoms with E-state index in [9.17, 15) is 19.2 Å². The molecule has 0 radical (unpaired) electrons. The van der Waals surface area contributed by atoms with E-state index in [2.05, 4.69) is 36.1 Å². The maximum atomic E-state index is 16.4. The number of amides is 6. The average molecular weight is 1150 g/mol. The molecule has 2 aromatic carbocycles. The minimum absolute atomic E-state index is 0.00673. The van der Waals surface area contributed by atoms with Gasteiger partial charge < -0.3 is 59.8 Å². The summed E-state index contributed by atoms with van der Waals surface area (Å²) in [7, 11) is 1.67. The molecule has 22 nitrogen and oxygen atoms in total. The van der Waals surface area contributed by atoms with Crippen molar-refractivity contribution in [2.24, 2.45) is 5.92 Å². The van der Waals surface area contributed by atoms with Gasteiger partial charge in [-0.05, 0) is 116 Å². The van der Waals surface area contributed by atoms with Crippen molar-refractivity contribution < 1.29 is 46.9 Å². The SMILES string of the molecule is CCN1CC(C)(Cc2cc(NC(=O)Nc3ccc(-c4nc(N5C6CCC5COC6)nc5c4C(=O)N(C)CC(C)(C)O5)cc3F)cc(C)n2)Oc2nc(N3CC4OC5CC5C43)nc(-c3ccc(NC(=O)Nc4cc(C)nc(C)c4)c(F)c3)c2C1=O. The van der Waals surface area contributed by atoms with Crippen LogP contribution in [0.3, 0.4) is 0 Å². The number of aryl methyl sites for hydroxylation is 3. The second-order valence-electron chi connectivity index (χ2n) is 23.9. The lowest BCUT2D eigenvalue weighted by atomic mass is 9.96. The van der Waals surface area contributed by atoms with Crippen molar-refractivity contribution in [2.45, 2.75) is 116 Å². The van der Waals surface area contributed by atoms with E-state index in [1.807, 2.05) is 41.5 Å². The van der Waals surface area contributed by atoms with Gasteiger partial charge in [-0.1, -0.05) is 12.1 Å². The predicted octanol–water partition coefficient (Wildman–Crippen LogP) is 8.32. The first-order valence-electron chi connectivity index (χ1n) is 28.4. The standard InChI is InChI=1S/C60H64F2N14O8/c1-9-74-28-60(7,84-52-47(54(74)78)49(69-55(71-52)75-24-45-50(75)39-22-44(39)82-45)33-11-15-42(41(62)20-33)67-57(79)65-34-16-29(2)63-30(3)17-34)23-36-21-35(18-31(4)64-36)66-58(80)68-43-14-10-32(19-40(43)61)48-46-51(83-59(5,6)27-73(8)53(46)77)72-56(70-48)76-37-12-13-38(76)26-81-25-37/h10-11,14-21,37-39,44-45,50H,9,12-13,22-28H2,1-8H3,(H2,63,65,67,79)(H2,64,66,68,80). The molecule has 13 rings (SSSR count). The molecule has 84 heavy (non-hydrogen) atoms. The molecule has 0 spiro atoms. The zero-order valence-electron chi connectivity index (χ0n) is 47.8. The van der Waals surface area contributed by atoms with Gasteiger partial charge in [-0.25, -0.2) is 28.3 Å². The number of pyridine rings is 2. The minimum Gasteiger partial charge on any atom is -0.469 e. The van der Waals surface area contributed by atoms with Gasteiger partial charge in [0.25, 0.3) is 11.8 Å². The number of nitrogens with zero attached hydrogens (tertiary/aromatic N) is 10. The molecule has 2 bridgehead atoms. The van der Waals surface area contributed by atoms with Gasteiger partial charge in [0.05, 0.1) is 79.4 Å². The molecule has 4 N–H and O–H groups in total. The van der Waals surface area contributed by atoms with Gasteiger partial charge in [0, 0.05) is 77.8 Å². The topological polar surface area (TPSA) is 244 Å². The fourth-order valence-corrected chi connectivity index (χ4v) is 12.9. The molecule has 7 aliphatic rings. The van der Waals surface area contributed by atoms with E-state index in [4.69, 9.17) is 43.9 Å². The zero-order chi connectivity index (χ0) is 58.7. The van der Waals surface area contributed by atoms with Crippen LogP contribution >= 0.6 is 0 Å². The van der Waals surface area contributed by atoms with Crippen LogP contribution in [0.5, 0.6) is 11.8 Å². The molecule has 4 saturated heterocycles. The first-order valence-corrected chi connectivity index (χ1v) is 28.4. The van der Waals surface area contributed by atoms with E-state index >= 15 is 8.78 Å². The molecule has 1 aliphatic carbocycles. The summed E-state index contributed by atoms with van der Waals surface area (Å²) in [6.07, 6.45) is 3.04. The fourth-order valence-electron chi connectivity index (χ4n) is 12.9. The predicted molar refractivity (Wildman–Crippen MR) is 307 cm³/mol. The maximum absolute atomic E-state index is 16.4. The van der Waals surface area contributed by atoms with Crippen molar-refractivity contribution in [2.75, 3.05) is 77.5 Å². The fraction of sp³-hybridized carbons (Fsp3) is 0.433. The summed E-state index contributed by atoms with van der Waals surface area (Å²) >= 11 is 0. The molecule has 1 saturated carbocycles. The van der Waals surface area contributed by atoms with Crippen LogP contribution in [0.2, 0.25) is 0 Å². The molecule has 24 heteroatoms. The molecule has 436 valence electrons. The Morgan fingerprint density at radius 1 is 0.679 bits per heavy atom. The molecule has 4 aromatic heterocycles. The van der Waals surface area contributed by atoms with Gasteiger partial charge in [-0.15, -0.1) is 0 Å². The van der Waals surface area contributed by atoms with E-state index < -0.39 is 40.8 Å². The minimum atomic E-state index is -1.17. The Kier molecular flexibility index (Phi) is 13.4. The Bertz CT molecular complexity index is 3700. The number of nitrogens with one attached hydrogen (secondary N) is 4. The summed E-state index contributed by atoms with van der Waals surface area (Å²) in [6.45, 7) is 15.0. The number of likely N-dealkylation sites (N-methyl/N-ethyl adjacent to an activating group) is 2. The van der Waals surface area contributed by atoms with E-state index in [-0.39, 0.29) is 119 Å². The number of carbonyl (C=O) groups excluding carboxylic acids is 4. The van der Waals surface area contributed by atoms with Crippen molar-refractivity contribution in [3.8, 4) is 34.3 Å². The lowest BCUT2D eigenvalue weighted by molar-refractivity contribution is 0.0363. The van der Waals surface area contributed by atoms with Crippen LogP contribution in [-0.4, -0.2) is 152 Å². The average Bonchev–Trinajstić information content (AvgIpc) is 1.60. The number of halogens is 2. The highest BCUT2D eigenvalue weighted by atomic mass is 19.1. The third-order valence-electron chi connectivity index (χ3n) is 16.6. The summed E-state index contributed by atoms with van der Waals surface area (Å²) in [5.41, 5.74) is 2.20. The number of rotatable bonds is 11. The van der Waals surface area contributed by atoms with Crippen molar-refractivity contribution in [1.82, 2.24) is 39.7 Å². The van der Waals surface area contributed by atoms with Gasteiger partial charge in [0.15, 0.2) is 0 Å². The number of ether oxygens (including phenoxy) is 4. The largest absolute Gasteiger partial charge is 0.469 e. The number of anilines is 6. The van der Waals surface area contributed by atoms with Crippen molar-refractivity contribution in [3.05, 3.63) is 106 Å². The number of morpholine rings is 1. The van der Waals surface area contributed by atoms with Crippen LogP contribution in [0.1, 0.15) is 90.4 Å². The summed E-state index contributed by atoms with van der Waals surface area (Å²) in [5, 5.41) is 10.8. The first-order chi connectivity index (χ1) is 40.1. The van der Waals surface area contributed by atoms with E-state index in [1.54, 1.807) is 60.2 Å². The van der Waals surface area contributed by atoms with Crippen molar-refractivity contribution in [1.29, 1.82) is 0 Å². The maximum Gasteiger partial charge on any atom is 0.323 e. The van der Waals surface area contributed by atoms with Crippen molar-refractivity contribution in [3.63, 3.8) is 0 Å². The Labute approximate surface area is 483 Å². The summed E-state index contributed by atoms with van der Waals surface area (Å²) < 4.78 is 58.0. The molecule has 10 heterocycles. The van der Waals surface area contributed by atoms with Crippen molar-refractivity contribution >= 4 is 58.5 Å². The highest BCUT2D eigenvalue weighted by Gasteiger charge is 2.63. The molecule has 5 fully saturated rings. The highest BCUT2D eigenvalue weighted by Crippen LogP contribution is 2.53. The normalized spacial score (nSPS) is 24.3.